The van der Waals surface area contributed by atoms with Gasteiger partial charge in [-0.25, -0.2) is 10.8 Å². The maximum absolute atomic E-state index is 5.26. The fourth-order valence-electron chi connectivity index (χ4n) is 0.926. The molecule has 0 radical (unpaired) electrons. The molecule has 1 aromatic rings. The van der Waals surface area contributed by atoms with Crippen LogP contribution in [0.5, 0.6) is 0 Å². The molecule has 0 aromatic carbocycles. The molecule has 1 aromatic heterocycles. The van der Waals surface area contributed by atoms with Crippen LogP contribution in [0.25, 0.3) is 0 Å². The molecule has 1 rings (SSSR count). The monoisotopic (exact) mass is 214 g/mol. The summed E-state index contributed by atoms with van der Waals surface area (Å²) in [5.41, 5.74) is 3.77. The van der Waals surface area contributed by atoms with Crippen LogP contribution in [0.2, 0.25) is 0 Å². The van der Waals surface area contributed by atoms with Crippen LogP contribution in [0.3, 0.4) is 0 Å². The van der Waals surface area contributed by atoms with Crippen LogP contribution in [0.1, 0.15) is 26.5 Å². The summed E-state index contributed by atoms with van der Waals surface area (Å²) in [6, 6.07) is 0. The van der Waals surface area contributed by atoms with Crippen molar-refractivity contribution < 1.29 is 0 Å². The first-order valence-corrected chi connectivity index (χ1v) is 5.43. The van der Waals surface area contributed by atoms with Crippen molar-refractivity contribution in [1.29, 1.82) is 0 Å². The second-order valence-corrected chi connectivity index (χ2v) is 5.17. The third-order valence-corrected chi connectivity index (χ3v) is 3.04. The van der Waals surface area contributed by atoms with Gasteiger partial charge in [0.15, 0.2) is 5.13 Å². The van der Waals surface area contributed by atoms with Crippen LogP contribution in [-0.4, -0.2) is 22.5 Å². The molecule has 0 aliphatic carbocycles. The van der Waals surface area contributed by atoms with E-state index in [0.717, 1.165) is 17.4 Å². The molecule has 0 unspecified atom stereocenters. The zero-order valence-electron chi connectivity index (χ0n) is 9.16. The summed E-state index contributed by atoms with van der Waals surface area (Å²) in [7, 11) is 2.09. The molecule has 0 amide bonds. The Labute approximate surface area is 89.1 Å². The van der Waals surface area contributed by atoms with Gasteiger partial charge in [0.1, 0.15) is 0 Å². The summed E-state index contributed by atoms with van der Waals surface area (Å²) >= 11 is 1.53. The Morgan fingerprint density at radius 2 is 2.21 bits per heavy atom. The van der Waals surface area contributed by atoms with E-state index in [2.05, 4.69) is 43.1 Å². The van der Waals surface area contributed by atoms with Crippen LogP contribution in [0, 0.1) is 0 Å². The third-order valence-electron chi connectivity index (χ3n) is 2.22. The van der Waals surface area contributed by atoms with E-state index in [9.17, 15) is 0 Å². The molecule has 0 bridgehead atoms. The summed E-state index contributed by atoms with van der Waals surface area (Å²) < 4.78 is 0. The second-order valence-electron chi connectivity index (χ2n) is 4.32. The molecule has 0 atom stereocenters. The van der Waals surface area contributed by atoms with Crippen molar-refractivity contribution in [1.82, 2.24) is 9.88 Å². The van der Waals surface area contributed by atoms with Crippen molar-refractivity contribution in [2.45, 2.75) is 32.9 Å². The fraction of sp³-hybridized carbons (Fsp3) is 0.667. The minimum absolute atomic E-state index is 0.167. The molecular weight excluding hydrogens is 196 g/mol. The predicted molar refractivity (Wildman–Crippen MR) is 61.1 cm³/mol. The number of hydrogen-bond acceptors (Lipinski definition) is 5. The van der Waals surface area contributed by atoms with Gasteiger partial charge in [-0.3, -0.25) is 10.3 Å². The SMILES string of the molecule is CN(Cc1csc(NN)n1)C(C)(C)C. The highest BCUT2D eigenvalue weighted by Crippen LogP contribution is 2.18. The van der Waals surface area contributed by atoms with Gasteiger partial charge in [-0.2, -0.15) is 0 Å². The largest absolute Gasteiger partial charge is 0.300 e. The highest BCUT2D eigenvalue weighted by atomic mass is 32.1. The van der Waals surface area contributed by atoms with Crippen molar-refractivity contribution in [3.05, 3.63) is 11.1 Å². The molecule has 1 heterocycles. The van der Waals surface area contributed by atoms with Crippen molar-refractivity contribution in [2.24, 2.45) is 5.84 Å². The lowest BCUT2D eigenvalue weighted by atomic mass is 10.1. The molecule has 3 N–H and O–H groups in total. The molecule has 5 heteroatoms. The molecular formula is C9H18N4S. The number of hydrogen-bond donors (Lipinski definition) is 2. The fourth-order valence-corrected chi connectivity index (χ4v) is 1.54. The molecule has 0 spiro atoms. The van der Waals surface area contributed by atoms with Crippen molar-refractivity contribution in [2.75, 3.05) is 12.5 Å². The Balaban J connectivity index is 2.60. The smallest absolute Gasteiger partial charge is 0.197 e. The Kier molecular flexibility index (Phi) is 3.47. The number of hydrazine groups is 1. The Bertz CT molecular complexity index is 289. The summed E-state index contributed by atoms with van der Waals surface area (Å²) in [5.74, 6) is 5.26. The number of nitrogens with zero attached hydrogens (tertiary/aromatic N) is 2. The van der Waals surface area contributed by atoms with E-state index in [0.29, 0.717) is 0 Å². The van der Waals surface area contributed by atoms with Gasteiger partial charge in [0.05, 0.1) is 5.69 Å². The first-order valence-electron chi connectivity index (χ1n) is 4.55. The minimum atomic E-state index is 0.167. The molecule has 80 valence electrons. The molecule has 0 saturated carbocycles. The van der Waals surface area contributed by atoms with E-state index >= 15 is 0 Å². The van der Waals surface area contributed by atoms with Crippen LogP contribution in [0.4, 0.5) is 5.13 Å². The lowest BCUT2D eigenvalue weighted by Gasteiger charge is -2.31. The van der Waals surface area contributed by atoms with Gasteiger partial charge in [0.2, 0.25) is 0 Å². The quantitative estimate of drug-likeness (QED) is 0.593. The molecule has 0 aliphatic rings. The average Bonchev–Trinajstić information content (AvgIpc) is 2.50. The molecule has 0 aliphatic heterocycles. The normalized spacial score (nSPS) is 12.1. The number of anilines is 1. The molecule has 14 heavy (non-hydrogen) atoms. The van der Waals surface area contributed by atoms with Crippen LogP contribution in [0.15, 0.2) is 5.38 Å². The Hall–Kier alpha value is -0.650. The van der Waals surface area contributed by atoms with Crippen LogP contribution >= 0.6 is 11.3 Å². The van der Waals surface area contributed by atoms with Gasteiger partial charge in [0.25, 0.3) is 0 Å². The zero-order valence-corrected chi connectivity index (χ0v) is 9.98. The lowest BCUT2D eigenvalue weighted by molar-refractivity contribution is 0.166. The Morgan fingerprint density at radius 3 is 2.64 bits per heavy atom. The van der Waals surface area contributed by atoms with Gasteiger partial charge < -0.3 is 0 Å². The third kappa shape index (κ3) is 2.94. The standard InChI is InChI=1S/C9H18N4S/c1-9(2,3)13(4)5-7-6-14-8(11-7)12-10/h6H,5,10H2,1-4H3,(H,11,12). The van der Waals surface area contributed by atoms with E-state index < -0.39 is 0 Å². The number of thiazole rings is 1. The highest BCUT2D eigenvalue weighted by Gasteiger charge is 2.17. The molecule has 0 fully saturated rings. The van der Waals surface area contributed by atoms with Crippen molar-refractivity contribution in [3.63, 3.8) is 0 Å². The summed E-state index contributed by atoms with van der Waals surface area (Å²) in [4.78, 5) is 6.58. The number of nitrogens with one attached hydrogen (secondary N) is 1. The molecule has 4 nitrogen and oxygen atoms in total. The minimum Gasteiger partial charge on any atom is -0.300 e. The number of aromatic nitrogens is 1. The number of rotatable bonds is 3. The lowest BCUT2D eigenvalue weighted by Crippen LogP contribution is -2.37. The van der Waals surface area contributed by atoms with Gasteiger partial charge in [-0.05, 0) is 27.8 Å². The van der Waals surface area contributed by atoms with E-state index in [4.69, 9.17) is 5.84 Å². The van der Waals surface area contributed by atoms with Crippen molar-refractivity contribution >= 4 is 16.5 Å². The van der Waals surface area contributed by atoms with Gasteiger partial charge in [-0.1, -0.05) is 0 Å². The van der Waals surface area contributed by atoms with E-state index in [1.54, 1.807) is 0 Å². The number of nitrogens with two attached hydrogens (primary N) is 1. The predicted octanol–water partition coefficient (Wildman–Crippen LogP) is 1.66. The summed E-state index contributed by atoms with van der Waals surface area (Å²) in [6.45, 7) is 7.39. The van der Waals surface area contributed by atoms with E-state index in [1.807, 2.05) is 5.38 Å². The van der Waals surface area contributed by atoms with E-state index in [-0.39, 0.29) is 5.54 Å². The van der Waals surface area contributed by atoms with Crippen LogP contribution < -0.4 is 11.3 Å². The van der Waals surface area contributed by atoms with Gasteiger partial charge in [0, 0.05) is 17.5 Å². The topological polar surface area (TPSA) is 54.2 Å². The average molecular weight is 214 g/mol. The maximum Gasteiger partial charge on any atom is 0.197 e. The first kappa shape index (κ1) is 11.4. The summed E-state index contributed by atoms with van der Waals surface area (Å²) in [5, 5.41) is 2.79. The molecule has 0 saturated heterocycles. The second kappa shape index (κ2) is 4.25. The zero-order chi connectivity index (χ0) is 10.8. The maximum atomic E-state index is 5.26. The summed E-state index contributed by atoms with van der Waals surface area (Å²) in [6.07, 6.45) is 0. The van der Waals surface area contributed by atoms with Crippen molar-refractivity contribution in [3.8, 4) is 0 Å². The highest BCUT2D eigenvalue weighted by molar-refractivity contribution is 7.13. The Morgan fingerprint density at radius 1 is 1.57 bits per heavy atom. The van der Waals surface area contributed by atoms with Gasteiger partial charge >= 0.3 is 0 Å². The number of nitrogen functional groups attached to an aromatic ring is 1. The van der Waals surface area contributed by atoms with E-state index in [1.165, 1.54) is 11.3 Å². The first-order chi connectivity index (χ1) is 6.43. The van der Waals surface area contributed by atoms with Crippen LogP contribution in [-0.2, 0) is 6.54 Å². The van der Waals surface area contributed by atoms with Gasteiger partial charge in [-0.15, -0.1) is 11.3 Å².